The summed E-state index contributed by atoms with van der Waals surface area (Å²) in [5, 5.41) is 6.49. The van der Waals surface area contributed by atoms with E-state index in [2.05, 4.69) is 15.6 Å². The number of methoxy groups -OCH3 is 1. The van der Waals surface area contributed by atoms with Gasteiger partial charge in [0.25, 0.3) is 0 Å². The average Bonchev–Trinajstić information content (AvgIpc) is 3.16. The van der Waals surface area contributed by atoms with Crippen LogP contribution in [0.1, 0.15) is 51.0 Å². The Kier molecular flexibility index (Phi) is 11.9. The fraction of sp³-hybridized carbons (Fsp3) is 0.600. The zero-order chi connectivity index (χ0) is 18.6. The number of aliphatic imine (C=N–C) groups is 1. The molecule has 1 aromatic rings. The van der Waals surface area contributed by atoms with Gasteiger partial charge in [0.1, 0.15) is 11.9 Å². The van der Waals surface area contributed by atoms with E-state index < -0.39 is 0 Å². The molecular formula is C20H32IN3O3. The first-order valence-corrected chi connectivity index (χ1v) is 9.56. The molecule has 1 aliphatic rings. The van der Waals surface area contributed by atoms with Crippen LogP contribution in [0.25, 0.3) is 0 Å². The van der Waals surface area contributed by atoms with Crippen LogP contribution in [0.2, 0.25) is 0 Å². The van der Waals surface area contributed by atoms with Crippen LogP contribution in [-0.2, 0) is 16.1 Å². The highest BCUT2D eigenvalue weighted by molar-refractivity contribution is 14.0. The molecule has 1 saturated carbocycles. The largest absolute Gasteiger partial charge is 0.497 e. The number of guanidine groups is 1. The molecule has 0 bridgehead atoms. The second-order valence-corrected chi connectivity index (χ2v) is 6.47. The summed E-state index contributed by atoms with van der Waals surface area (Å²) in [7, 11) is 1.66. The molecule has 2 rings (SSSR count). The van der Waals surface area contributed by atoms with E-state index in [4.69, 9.17) is 9.47 Å². The molecule has 7 heteroatoms. The summed E-state index contributed by atoms with van der Waals surface area (Å²) in [6, 6.07) is 7.87. The van der Waals surface area contributed by atoms with E-state index in [9.17, 15) is 4.79 Å². The lowest BCUT2D eigenvalue weighted by Crippen LogP contribution is -2.37. The van der Waals surface area contributed by atoms with Gasteiger partial charge in [-0.05, 0) is 56.7 Å². The van der Waals surface area contributed by atoms with Crippen molar-refractivity contribution >= 4 is 35.9 Å². The zero-order valence-corrected chi connectivity index (χ0v) is 18.7. The van der Waals surface area contributed by atoms with E-state index in [1.54, 1.807) is 7.11 Å². The zero-order valence-electron chi connectivity index (χ0n) is 16.3. The third-order valence-corrected chi connectivity index (χ3v) is 4.37. The van der Waals surface area contributed by atoms with Crippen molar-refractivity contribution in [2.75, 3.05) is 20.2 Å². The monoisotopic (exact) mass is 489 g/mol. The highest BCUT2D eigenvalue weighted by Crippen LogP contribution is 2.21. The number of carbonyl (C=O) groups is 1. The molecule has 0 radical (unpaired) electrons. The maximum absolute atomic E-state index is 11.8. The normalized spacial score (nSPS) is 14.4. The molecule has 0 aromatic heterocycles. The minimum Gasteiger partial charge on any atom is -0.497 e. The lowest BCUT2D eigenvalue weighted by molar-refractivity contribution is -0.148. The molecule has 0 aliphatic heterocycles. The number of hydrogen-bond donors (Lipinski definition) is 2. The van der Waals surface area contributed by atoms with Gasteiger partial charge in [-0.15, -0.1) is 24.0 Å². The van der Waals surface area contributed by atoms with Gasteiger partial charge in [0.15, 0.2) is 5.96 Å². The topological polar surface area (TPSA) is 72.0 Å². The Hall–Kier alpha value is -1.51. The van der Waals surface area contributed by atoms with Crippen molar-refractivity contribution in [3.8, 4) is 5.75 Å². The molecule has 0 saturated heterocycles. The number of ether oxygens (including phenoxy) is 2. The summed E-state index contributed by atoms with van der Waals surface area (Å²) in [6.45, 7) is 4.10. The van der Waals surface area contributed by atoms with E-state index in [0.29, 0.717) is 19.5 Å². The number of carbonyl (C=O) groups excluding carboxylic acids is 1. The first-order chi connectivity index (χ1) is 12.7. The quantitative estimate of drug-likeness (QED) is 0.182. The van der Waals surface area contributed by atoms with Crippen LogP contribution >= 0.6 is 24.0 Å². The molecule has 0 atom stereocenters. The second kappa shape index (κ2) is 13.6. The fourth-order valence-corrected chi connectivity index (χ4v) is 2.93. The van der Waals surface area contributed by atoms with E-state index in [1.165, 1.54) is 12.8 Å². The van der Waals surface area contributed by atoms with Gasteiger partial charge in [0, 0.05) is 19.5 Å². The summed E-state index contributed by atoms with van der Waals surface area (Å²) in [6.07, 6.45) is 5.73. The van der Waals surface area contributed by atoms with Crippen molar-refractivity contribution in [2.24, 2.45) is 4.99 Å². The summed E-state index contributed by atoms with van der Waals surface area (Å²) in [4.78, 5) is 16.4. The van der Waals surface area contributed by atoms with E-state index in [-0.39, 0.29) is 36.0 Å². The first kappa shape index (κ1) is 23.5. The Morgan fingerprint density at radius 1 is 1.19 bits per heavy atom. The van der Waals surface area contributed by atoms with E-state index >= 15 is 0 Å². The van der Waals surface area contributed by atoms with Crippen LogP contribution in [0.3, 0.4) is 0 Å². The van der Waals surface area contributed by atoms with Crippen molar-refractivity contribution in [2.45, 2.75) is 58.1 Å². The number of rotatable bonds is 9. The van der Waals surface area contributed by atoms with Gasteiger partial charge < -0.3 is 20.1 Å². The third-order valence-electron chi connectivity index (χ3n) is 4.37. The van der Waals surface area contributed by atoms with Gasteiger partial charge in [-0.25, -0.2) is 4.99 Å². The predicted molar refractivity (Wildman–Crippen MR) is 119 cm³/mol. The fourth-order valence-electron chi connectivity index (χ4n) is 2.93. The summed E-state index contributed by atoms with van der Waals surface area (Å²) < 4.78 is 10.6. The number of hydrogen-bond acceptors (Lipinski definition) is 4. The SMILES string of the molecule is CCNC(=NCc1ccc(OC)cc1)NCCCC(=O)OC1CCCC1.I. The molecule has 1 aromatic carbocycles. The summed E-state index contributed by atoms with van der Waals surface area (Å²) in [5.74, 6) is 1.51. The highest BCUT2D eigenvalue weighted by Gasteiger charge is 2.18. The minimum absolute atomic E-state index is 0. The molecular weight excluding hydrogens is 457 g/mol. The van der Waals surface area contributed by atoms with Crippen LogP contribution in [0.4, 0.5) is 0 Å². The smallest absolute Gasteiger partial charge is 0.306 e. The Bertz CT molecular complexity index is 572. The molecule has 0 heterocycles. The number of esters is 1. The number of nitrogens with one attached hydrogen (secondary N) is 2. The molecule has 0 spiro atoms. The number of nitrogens with zero attached hydrogens (tertiary/aromatic N) is 1. The summed E-state index contributed by atoms with van der Waals surface area (Å²) >= 11 is 0. The molecule has 0 amide bonds. The Morgan fingerprint density at radius 2 is 1.89 bits per heavy atom. The van der Waals surface area contributed by atoms with E-state index in [0.717, 1.165) is 43.1 Å². The highest BCUT2D eigenvalue weighted by atomic mass is 127. The lowest BCUT2D eigenvalue weighted by Gasteiger charge is -2.13. The van der Waals surface area contributed by atoms with Gasteiger partial charge in [-0.2, -0.15) is 0 Å². The second-order valence-electron chi connectivity index (χ2n) is 6.47. The van der Waals surface area contributed by atoms with Crippen molar-refractivity contribution in [1.29, 1.82) is 0 Å². The maximum atomic E-state index is 11.8. The van der Waals surface area contributed by atoms with Crippen LogP contribution < -0.4 is 15.4 Å². The molecule has 152 valence electrons. The number of halogens is 1. The molecule has 0 unspecified atom stereocenters. The molecule has 2 N–H and O–H groups in total. The Balaban J connectivity index is 0.00000364. The van der Waals surface area contributed by atoms with Crippen LogP contribution in [0.5, 0.6) is 5.75 Å². The van der Waals surface area contributed by atoms with E-state index in [1.807, 2.05) is 31.2 Å². The molecule has 1 aliphatic carbocycles. The molecule has 27 heavy (non-hydrogen) atoms. The Morgan fingerprint density at radius 3 is 2.52 bits per heavy atom. The predicted octanol–water partition coefficient (Wildman–Crippen LogP) is 3.63. The summed E-state index contributed by atoms with van der Waals surface area (Å²) in [5.41, 5.74) is 1.11. The van der Waals surface area contributed by atoms with Crippen molar-refractivity contribution in [3.05, 3.63) is 29.8 Å². The van der Waals surface area contributed by atoms with Crippen LogP contribution in [-0.4, -0.2) is 38.2 Å². The van der Waals surface area contributed by atoms with Gasteiger partial charge in [-0.1, -0.05) is 12.1 Å². The van der Waals surface area contributed by atoms with Crippen LogP contribution in [0, 0.1) is 0 Å². The van der Waals surface area contributed by atoms with Crippen molar-refractivity contribution in [1.82, 2.24) is 10.6 Å². The van der Waals surface area contributed by atoms with Crippen molar-refractivity contribution < 1.29 is 14.3 Å². The minimum atomic E-state index is -0.0844. The molecule has 6 nitrogen and oxygen atoms in total. The van der Waals surface area contributed by atoms with Gasteiger partial charge in [-0.3, -0.25) is 4.79 Å². The van der Waals surface area contributed by atoms with Crippen LogP contribution in [0.15, 0.2) is 29.3 Å². The average molecular weight is 489 g/mol. The standard InChI is InChI=1S/C20H31N3O3.HI/c1-3-21-20(23-15-16-10-12-17(25-2)13-11-16)22-14-6-9-19(24)26-18-7-4-5-8-18;/h10-13,18H,3-9,14-15H2,1-2H3,(H2,21,22,23);1H. The molecule has 1 fully saturated rings. The van der Waals surface area contributed by atoms with Gasteiger partial charge in [0.05, 0.1) is 13.7 Å². The lowest BCUT2D eigenvalue weighted by atomic mass is 10.2. The van der Waals surface area contributed by atoms with Gasteiger partial charge in [0.2, 0.25) is 0 Å². The maximum Gasteiger partial charge on any atom is 0.306 e. The first-order valence-electron chi connectivity index (χ1n) is 9.56. The van der Waals surface area contributed by atoms with Gasteiger partial charge >= 0.3 is 5.97 Å². The number of benzene rings is 1. The third kappa shape index (κ3) is 9.30. The van der Waals surface area contributed by atoms with Crippen molar-refractivity contribution in [3.63, 3.8) is 0 Å². The Labute approximate surface area is 179 Å².